The van der Waals surface area contributed by atoms with Gasteiger partial charge in [0.15, 0.2) is 0 Å². The second-order valence-corrected chi connectivity index (χ2v) is 9.06. The lowest BCUT2D eigenvalue weighted by molar-refractivity contribution is -0.121. The van der Waals surface area contributed by atoms with Gasteiger partial charge in [-0.3, -0.25) is 9.10 Å². The first-order valence-electron chi connectivity index (χ1n) is 9.81. The van der Waals surface area contributed by atoms with E-state index in [1.807, 2.05) is 38.1 Å². The molecule has 0 aliphatic heterocycles. The molecule has 0 aliphatic carbocycles. The molecule has 1 atom stereocenters. The number of carbonyl (C=O) groups is 1. The third-order valence-corrected chi connectivity index (χ3v) is 5.69. The fourth-order valence-electron chi connectivity index (χ4n) is 3.01. The van der Waals surface area contributed by atoms with E-state index in [-0.39, 0.29) is 24.9 Å². The van der Waals surface area contributed by atoms with E-state index in [1.165, 1.54) is 11.4 Å². The van der Waals surface area contributed by atoms with Crippen molar-refractivity contribution < 1.29 is 22.7 Å². The number of para-hydroxylation sites is 3. The molecule has 0 saturated heterocycles. The van der Waals surface area contributed by atoms with Crippen LogP contribution in [0.2, 0.25) is 0 Å². The van der Waals surface area contributed by atoms with Crippen molar-refractivity contribution in [1.29, 1.82) is 0 Å². The molecule has 0 aliphatic rings. The van der Waals surface area contributed by atoms with Crippen LogP contribution < -0.4 is 19.1 Å². The molecule has 2 aromatic carbocycles. The van der Waals surface area contributed by atoms with Crippen LogP contribution >= 0.6 is 0 Å². The summed E-state index contributed by atoms with van der Waals surface area (Å²) in [4.78, 5) is 12.3. The maximum absolute atomic E-state index is 12.3. The Morgan fingerprint density at radius 1 is 1.10 bits per heavy atom. The van der Waals surface area contributed by atoms with Crippen molar-refractivity contribution in [2.75, 3.05) is 30.8 Å². The number of anilines is 1. The van der Waals surface area contributed by atoms with Crippen molar-refractivity contribution in [1.82, 2.24) is 5.32 Å². The zero-order chi connectivity index (χ0) is 22.1. The molecule has 164 valence electrons. The van der Waals surface area contributed by atoms with E-state index in [9.17, 15) is 13.2 Å². The van der Waals surface area contributed by atoms with Crippen LogP contribution in [0.1, 0.15) is 25.3 Å². The van der Waals surface area contributed by atoms with E-state index in [0.29, 0.717) is 24.5 Å². The number of nitrogens with zero attached hydrogens (tertiary/aromatic N) is 1. The summed E-state index contributed by atoms with van der Waals surface area (Å²) in [6.07, 6.45) is 1.72. The first-order chi connectivity index (χ1) is 14.2. The lowest BCUT2D eigenvalue weighted by atomic mass is 10.2. The molecule has 0 heterocycles. The van der Waals surface area contributed by atoms with Gasteiger partial charge < -0.3 is 14.8 Å². The molecule has 8 heteroatoms. The second kappa shape index (κ2) is 10.9. The van der Waals surface area contributed by atoms with Crippen LogP contribution in [0.15, 0.2) is 48.5 Å². The van der Waals surface area contributed by atoms with Crippen LogP contribution in [-0.4, -0.2) is 46.9 Å². The highest BCUT2D eigenvalue weighted by Crippen LogP contribution is 2.29. The zero-order valence-electron chi connectivity index (χ0n) is 17.9. The molecule has 0 fully saturated rings. The maximum Gasteiger partial charge on any atom is 0.232 e. The van der Waals surface area contributed by atoms with Gasteiger partial charge in [0.05, 0.1) is 25.1 Å². The fraction of sp³-hybridized carbons (Fsp3) is 0.409. The summed E-state index contributed by atoms with van der Waals surface area (Å²) in [6, 6.07) is 14.4. The highest BCUT2D eigenvalue weighted by Gasteiger charge is 2.21. The Bertz CT molecular complexity index is 946. The largest absolute Gasteiger partial charge is 0.495 e. The summed E-state index contributed by atoms with van der Waals surface area (Å²) in [5, 5.41) is 2.89. The van der Waals surface area contributed by atoms with Gasteiger partial charge in [0.1, 0.15) is 18.1 Å². The second-order valence-electron chi connectivity index (χ2n) is 7.16. The minimum Gasteiger partial charge on any atom is -0.495 e. The van der Waals surface area contributed by atoms with Crippen LogP contribution in [-0.2, 0) is 14.8 Å². The van der Waals surface area contributed by atoms with Gasteiger partial charge in [-0.05, 0) is 44.0 Å². The Balaban J connectivity index is 1.86. The van der Waals surface area contributed by atoms with Crippen molar-refractivity contribution in [3.8, 4) is 11.5 Å². The molecule has 0 aromatic heterocycles. The van der Waals surface area contributed by atoms with Crippen molar-refractivity contribution in [3.05, 3.63) is 54.1 Å². The Kier molecular flexibility index (Phi) is 8.53. The van der Waals surface area contributed by atoms with Gasteiger partial charge >= 0.3 is 0 Å². The van der Waals surface area contributed by atoms with Gasteiger partial charge in [-0.25, -0.2) is 8.42 Å². The molecule has 0 bridgehead atoms. The van der Waals surface area contributed by atoms with Crippen molar-refractivity contribution in [3.63, 3.8) is 0 Å². The predicted octanol–water partition coefficient (Wildman–Crippen LogP) is 3.13. The Hall–Kier alpha value is -2.74. The summed E-state index contributed by atoms with van der Waals surface area (Å²) < 4.78 is 36.8. The number of benzene rings is 2. The van der Waals surface area contributed by atoms with E-state index < -0.39 is 10.0 Å². The van der Waals surface area contributed by atoms with Crippen LogP contribution in [0.3, 0.4) is 0 Å². The minimum absolute atomic E-state index is 0.149. The molecule has 30 heavy (non-hydrogen) atoms. The minimum atomic E-state index is -3.51. The molecule has 1 unspecified atom stereocenters. The number of aryl methyl sites for hydroxylation is 1. The molecule has 2 rings (SSSR count). The van der Waals surface area contributed by atoms with Crippen LogP contribution in [0.25, 0.3) is 0 Å². The molecule has 0 saturated carbocycles. The number of nitrogens with one attached hydrogen (secondary N) is 1. The van der Waals surface area contributed by atoms with E-state index in [2.05, 4.69) is 5.32 Å². The van der Waals surface area contributed by atoms with Gasteiger partial charge in [-0.15, -0.1) is 0 Å². The molecular weight excluding hydrogens is 404 g/mol. The Labute approximate surface area is 179 Å². The van der Waals surface area contributed by atoms with Gasteiger partial charge in [0, 0.05) is 13.0 Å². The average Bonchev–Trinajstić information content (AvgIpc) is 2.69. The van der Waals surface area contributed by atoms with Gasteiger partial charge in [0.2, 0.25) is 15.9 Å². The third-order valence-electron chi connectivity index (χ3n) is 4.51. The van der Waals surface area contributed by atoms with Crippen LogP contribution in [0, 0.1) is 6.92 Å². The molecule has 0 radical (unpaired) electrons. The highest BCUT2D eigenvalue weighted by atomic mass is 32.2. The first kappa shape index (κ1) is 23.5. The Morgan fingerprint density at radius 2 is 1.73 bits per heavy atom. The topological polar surface area (TPSA) is 84.9 Å². The smallest absolute Gasteiger partial charge is 0.232 e. The monoisotopic (exact) mass is 434 g/mol. The number of carbonyl (C=O) groups excluding carboxylic acids is 1. The number of methoxy groups -OCH3 is 1. The molecule has 2 aromatic rings. The quantitative estimate of drug-likeness (QED) is 0.587. The molecule has 1 amide bonds. The summed E-state index contributed by atoms with van der Waals surface area (Å²) in [5.41, 5.74) is 1.50. The SMILES string of the molecule is COc1ccccc1N(CCCC(=O)NC(C)COc1ccccc1C)S(C)(=O)=O. The number of rotatable bonds is 11. The number of ether oxygens (including phenoxy) is 2. The third kappa shape index (κ3) is 6.95. The zero-order valence-corrected chi connectivity index (χ0v) is 18.7. The average molecular weight is 435 g/mol. The number of hydrogen-bond acceptors (Lipinski definition) is 5. The predicted molar refractivity (Wildman–Crippen MR) is 119 cm³/mol. The molecule has 7 nitrogen and oxygen atoms in total. The van der Waals surface area contributed by atoms with Crippen LogP contribution in [0.4, 0.5) is 5.69 Å². The number of amides is 1. The lowest BCUT2D eigenvalue weighted by Gasteiger charge is -2.24. The molecule has 1 N–H and O–H groups in total. The summed E-state index contributed by atoms with van der Waals surface area (Å²) >= 11 is 0. The van der Waals surface area contributed by atoms with E-state index in [4.69, 9.17) is 9.47 Å². The van der Waals surface area contributed by atoms with Crippen molar-refractivity contribution in [2.45, 2.75) is 32.7 Å². The summed E-state index contributed by atoms with van der Waals surface area (Å²) in [7, 11) is -2.02. The molecule has 0 spiro atoms. The van der Waals surface area contributed by atoms with E-state index in [1.54, 1.807) is 24.3 Å². The van der Waals surface area contributed by atoms with Crippen molar-refractivity contribution >= 4 is 21.6 Å². The maximum atomic E-state index is 12.3. The van der Waals surface area contributed by atoms with Crippen molar-refractivity contribution in [2.24, 2.45) is 0 Å². The number of hydrogen-bond donors (Lipinski definition) is 1. The van der Waals surface area contributed by atoms with Gasteiger partial charge in [-0.2, -0.15) is 0 Å². The Morgan fingerprint density at radius 3 is 2.37 bits per heavy atom. The van der Waals surface area contributed by atoms with Crippen LogP contribution in [0.5, 0.6) is 11.5 Å². The van der Waals surface area contributed by atoms with E-state index in [0.717, 1.165) is 17.6 Å². The first-order valence-corrected chi connectivity index (χ1v) is 11.7. The number of sulfonamides is 1. The van der Waals surface area contributed by atoms with Gasteiger partial charge in [-0.1, -0.05) is 30.3 Å². The van der Waals surface area contributed by atoms with Gasteiger partial charge in [0.25, 0.3) is 0 Å². The fourth-order valence-corrected chi connectivity index (χ4v) is 3.97. The lowest BCUT2D eigenvalue weighted by Crippen LogP contribution is -2.37. The standard InChI is InChI=1S/C22H30N2O5S/c1-17-10-5-7-12-20(17)29-16-18(2)23-22(25)14-9-15-24(30(4,26)27)19-11-6-8-13-21(19)28-3/h5-8,10-13,18H,9,14-16H2,1-4H3,(H,23,25). The molecular formula is C22H30N2O5S. The normalized spacial score (nSPS) is 12.1. The highest BCUT2D eigenvalue weighted by molar-refractivity contribution is 7.92. The van der Waals surface area contributed by atoms with E-state index >= 15 is 0 Å². The summed E-state index contributed by atoms with van der Waals surface area (Å²) in [6.45, 7) is 4.37. The summed E-state index contributed by atoms with van der Waals surface area (Å²) in [5.74, 6) is 1.11.